The minimum Gasteiger partial charge on any atom is -0.495 e. The number of nitrogens with one attached hydrogen (secondary N) is 2. The van der Waals surface area contributed by atoms with Crippen LogP contribution in [0.15, 0.2) is 42.5 Å². The molecule has 0 bridgehead atoms. The minimum atomic E-state index is -5.95. The zero-order valence-electron chi connectivity index (χ0n) is 23.8. The molecule has 0 radical (unpaired) electrons. The molecule has 242 valence electrons. The molecule has 0 aromatic heterocycles. The van der Waals surface area contributed by atoms with Crippen LogP contribution in [0.4, 0.5) is 36.8 Å². The third-order valence-corrected chi connectivity index (χ3v) is 7.99. The lowest BCUT2D eigenvalue weighted by atomic mass is 9.91. The summed E-state index contributed by atoms with van der Waals surface area (Å²) in [4.78, 5) is 29.2. The summed E-state index contributed by atoms with van der Waals surface area (Å²) < 4.78 is 84.2. The smallest absolute Gasteiger partial charge is 0.430 e. The molecule has 1 heterocycles. The maximum absolute atomic E-state index is 13.2. The predicted molar refractivity (Wildman–Crippen MR) is 147 cm³/mol. The number of piperazine rings is 1. The normalized spacial score (nSPS) is 20.2. The van der Waals surface area contributed by atoms with Crippen LogP contribution in [0.2, 0.25) is 0 Å². The largest absolute Gasteiger partial charge is 0.495 e. The number of carbonyl (C=O) groups excluding carboxylic acids is 2. The number of aliphatic hydroxyl groups excluding tert-OH is 1. The highest BCUT2D eigenvalue weighted by Gasteiger charge is 2.71. The Morgan fingerprint density at radius 1 is 0.909 bits per heavy atom. The number of urea groups is 1. The highest BCUT2D eigenvalue weighted by molar-refractivity contribution is 5.97. The molecule has 4 N–H and O–H groups in total. The van der Waals surface area contributed by atoms with Crippen molar-refractivity contribution < 1.29 is 50.9 Å². The first-order valence-electron chi connectivity index (χ1n) is 14.0. The van der Waals surface area contributed by atoms with Crippen LogP contribution in [0.1, 0.15) is 47.2 Å². The number of nitrogens with zero attached hydrogens (tertiary/aromatic N) is 2. The molecule has 3 amide bonds. The van der Waals surface area contributed by atoms with Crippen LogP contribution in [0.5, 0.6) is 5.75 Å². The van der Waals surface area contributed by atoms with Gasteiger partial charge >= 0.3 is 18.4 Å². The molecule has 2 aromatic rings. The van der Waals surface area contributed by atoms with Crippen molar-refractivity contribution in [1.29, 1.82) is 0 Å². The molecule has 2 aliphatic rings. The number of anilines is 1. The van der Waals surface area contributed by atoms with Gasteiger partial charge in [0.05, 0.1) is 18.9 Å². The molecule has 0 spiro atoms. The van der Waals surface area contributed by atoms with Crippen LogP contribution in [0, 0.1) is 0 Å². The third-order valence-electron chi connectivity index (χ3n) is 7.99. The summed E-state index contributed by atoms with van der Waals surface area (Å²) in [6.45, 7) is 1.66. The van der Waals surface area contributed by atoms with Crippen molar-refractivity contribution >= 4 is 17.6 Å². The van der Waals surface area contributed by atoms with E-state index in [0.29, 0.717) is 80.8 Å². The van der Waals surface area contributed by atoms with Crippen molar-refractivity contribution in [1.82, 2.24) is 15.1 Å². The Bertz CT molecular complexity index is 1290. The van der Waals surface area contributed by atoms with E-state index in [1.165, 1.54) is 13.2 Å². The average molecular weight is 633 g/mol. The Hall–Kier alpha value is -3.56. The molecule has 44 heavy (non-hydrogen) atoms. The second-order valence-corrected chi connectivity index (χ2v) is 11.0. The van der Waals surface area contributed by atoms with Crippen molar-refractivity contribution in [2.75, 3.05) is 38.6 Å². The second-order valence-electron chi connectivity index (χ2n) is 11.0. The third kappa shape index (κ3) is 7.38. The van der Waals surface area contributed by atoms with E-state index in [1.54, 1.807) is 17.0 Å². The van der Waals surface area contributed by atoms with Gasteiger partial charge in [-0.3, -0.25) is 9.69 Å². The van der Waals surface area contributed by atoms with Crippen LogP contribution >= 0.6 is 0 Å². The molecule has 1 aliphatic heterocycles. The molecular formula is C29H34F6N4O5. The van der Waals surface area contributed by atoms with Gasteiger partial charge < -0.3 is 30.5 Å². The first-order chi connectivity index (χ1) is 20.6. The van der Waals surface area contributed by atoms with Gasteiger partial charge in [0.25, 0.3) is 11.5 Å². The lowest BCUT2D eigenvalue weighted by Crippen LogP contribution is -2.53. The van der Waals surface area contributed by atoms with Gasteiger partial charge in [-0.25, -0.2) is 4.79 Å². The first kappa shape index (κ1) is 33.3. The number of carbonyl (C=O) groups is 2. The molecule has 2 fully saturated rings. The van der Waals surface area contributed by atoms with Crippen LogP contribution in [0.25, 0.3) is 0 Å². The number of halogens is 6. The predicted octanol–water partition coefficient (Wildman–Crippen LogP) is 4.39. The zero-order valence-corrected chi connectivity index (χ0v) is 23.8. The zero-order chi connectivity index (χ0) is 32.3. The number of aliphatic hydroxyl groups is 2. The number of ether oxygens (including phenoxy) is 1. The molecule has 2 aromatic carbocycles. The Balaban J connectivity index is 1.31. The van der Waals surface area contributed by atoms with E-state index in [9.17, 15) is 46.1 Å². The van der Waals surface area contributed by atoms with E-state index < -0.39 is 29.5 Å². The molecule has 9 nitrogen and oxygen atoms in total. The van der Waals surface area contributed by atoms with Crippen LogP contribution in [-0.4, -0.2) is 89.7 Å². The number of alkyl halides is 6. The highest BCUT2D eigenvalue weighted by atomic mass is 19.4. The maximum Gasteiger partial charge on any atom is 0.430 e. The number of amides is 3. The number of benzene rings is 2. The minimum absolute atomic E-state index is 0.0490. The topological polar surface area (TPSA) is 114 Å². The fourth-order valence-electron chi connectivity index (χ4n) is 5.38. The number of methoxy groups -OCH3 is 1. The Kier molecular flexibility index (Phi) is 10.0. The molecular weight excluding hydrogens is 598 g/mol. The summed E-state index contributed by atoms with van der Waals surface area (Å²) in [6, 6.07) is 7.63. The van der Waals surface area contributed by atoms with Crippen molar-refractivity contribution in [3.8, 4) is 5.75 Å². The maximum atomic E-state index is 13.2. The van der Waals surface area contributed by atoms with E-state index in [-0.39, 0.29) is 30.3 Å². The molecule has 1 saturated carbocycles. The molecule has 15 heteroatoms. The fourth-order valence-corrected chi connectivity index (χ4v) is 5.38. The van der Waals surface area contributed by atoms with E-state index in [4.69, 9.17) is 4.74 Å². The summed E-state index contributed by atoms with van der Waals surface area (Å²) in [5, 5.41) is 24.8. The van der Waals surface area contributed by atoms with Gasteiger partial charge in [0.2, 0.25) is 0 Å². The summed E-state index contributed by atoms with van der Waals surface area (Å²) in [6.07, 6.45) is -9.66. The van der Waals surface area contributed by atoms with Crippen LogP contribution in [-0.2, 0) is 12.1 Å². The molecule has 0 unspecified atom stereocenters. The standard InChI is InChI=1S/C29H34F6N4O5/c1-44-24-16-19(4-11-23(24)37-26(42)36-21-7-9-22(40)10-8-21)25(41)39-14-12-38(13-15-39)17-18-2-5-20(6-3-18)27(43,28(30,31)32)29(33,34)35/h2-6,11,16,21-22,40,43H,7-10,12-15,17H2,1H3,(H2,36,37,42). The monoisotopic (exact) mass is 632 g/mol. The van der Waals surface area contributed by atoms with Crippen LogP contribution < -0.4 is 15.4 Å². The Morgan fingerprint density at radius 3 is 2.05 bits per heavy atom. The molecule has 1 aliphatic carbocycles. The van der Waals surface area contributed by atoms with E-state index in [2.05, 4.69) is 10.6 Å². The van der Waals surface area contributed by atoms with Crippen LogP contribution in [0.3, 0.4) is 0 Å². The van der Waals surface area contributed by atoms with Crippen molar-refractivity contribution in [2.24, 2.45) is 0 Å². The van der Waals surface area contributed by atoms with Crippen molar-refractivity contribution in [3.05, 3.63) is 59.2 Å². The summed E-state index contributed by atoms with van der Waals surface area (Å²) >= 11 is 0. The molecule has 0 atom stereocenters. The van der Waals surface area contributed by atoms with E-state index in [0.717, 1.165) is 12.1 Å². The van der Waals surface area contributed by atoms with Gasteiger partial charge in [0, 0.05) is 49.9 Å². The van der Waals surface area contributed by atoms with Crippen molar-refractivity contribution in [3.63, 3.8) is 0 Å². The second kappa shape index (κ2) is 13.2. The van der Waals surface area contributed by atoms with Gasteiger partial charge in [-0.1, -0.05) is 24.3 Å². The fraction of sp³-hybridized carbons (Fsp3) is 0.517. The van der Waals surface area contributed by atoms with Gasteiger partial charge in [-0.2, -0.15) is 26.3 Å². The van der Waals surface area contributed by atoms with E-state index in [1.807, 2.05) is 4.90 Å². The summed E-state index contributed by atoms with van der Waals surface area (Å²) in [5.41, 5.74) is -5.15. The number of hydrogen-bond donors (Lipinski definition) is 4. The van der Waals surface area contributed by atoms with Gasteiger partial charge in [0.1, 0.15) is 5.75 Å². The lowest BCUT2D eigenvalue weighted by Gasteiger charge is -2.35. The first-order valence-corrected chi connectivity index (χ1v) is 14.0. The SMILES string of the molecule is COc1cc(C(=O)N2CCN(Cc3ccc(C(O)(C(F)(F)F)C(F)(F)F)cc3)CC2)ccc1NC(=O)NC1CCC(O)CC1. The lowest BCUT2D eigenvalue weighted by molar-refractivity contribution is -0.376. The summed E-state index contributed by atoms with van der Waals surface area (Å²) in [7, 11) is 1.41. The van der Waals surface area contributed by atoms with Gasteiger partial charge in [0.15, 0.2) is 0 Å². The number of hydrogen-bond acceptors (Lipinski definition) is 6. The Labute approximate surface area is 249 Å². The van der Waals surface area contributed by atoms with Crippen molar-refractivity contribution in [2.45, 2.75) is 62.3 Å². The highest BCUT2D eigenvalue weighted by Crippen LogP contribution is 2.50. The Morgan fingerprint density at radius 2 is 1.50 bits per heavy atom. The molecule has 4 rings (SSSR count). The summed E-state index contributed by atoms with van der Waals surface area (Å²) in [5.74, 6) is 0.0118. The quantitative estimate of drug-likeness (QED) is 0.337. The average Bonchev–Trinajstić information content (AvgIpc) is 2.97. The van der Waals surface area contributed by atoms with E-state index >= 15 is 0 Å². The number of rotatable bonds is 7. The van der Waals surface area contributed by atoms with Gasteiger partial charge in [-0.15, -0.1) is 0 Å². The van der Waals surface area contributed by atoms with Gasteiger partial charge in [-0.05, 0) is 49.4 Å². The molecule has 1 saturated heterocycles.